The van der Waals surface area contributed by atoms with E-state index in [0.29, 0.717) is 19.4 Å². The number of amides is 3. The van der Waals surface area contributed by atoms with Gasteiger partial charge in [0.1, 0.15) is 15.4 Å². The standard InChI is InChI=1S/C15H24N2O4S/c1-15(12-4-2-3-5-12)13(18)17(14(19)16-15)10-11-6-8-22(20,21)9-7-11/h11-12H,2-10H2,1H3,(H,16,19). The van der Waals surface area contributed by atoms with Gasteiger partial charge in [0.05, 0.1) is 11.5 Å². The van der Waals surface area contributed by atoms with Crippen molar-refractivity contribution in [1.82, 2.24) is 10.2 Å². The van der Waals surface area contributed by atoms with Crippen LogP contribution in [-0.4, -0.2) is 48.8 Å². The summed E-state index contributed by atoms with van der Waals surface area (Å²) in [4.78, 5) is 26.3. The topological polar surface area (TPSA) is 83.6 Å². The molecule has 3 rings (SSSR count). The van der Waals surface area contributed by atoms with Crippen LogP contribution in [0.5, 0.6) is 0 Å². The Morgan fingerprint density at radius 2 is 1.73 bits per heavy atom. The van der Waals surface area contributed by atoms with E-state index in [4.69, 9.17) is 0 Å². The summed E-state index contributed by atoms with van der Waals surface area (Å²) >= 11 is 0. The molecule has 124 valence electrons. The summed E-state index contributed by atoms with van der Waals surface area (Å²) in [5.74, 6) is 0.533. The van der Waals surface area contributed by atoms with Crippen molar-refractivity contribution in [3.63, 3.8) is 0 Å². The van der Waals surface area contributed by atoms with Crippen molar-refractivity contribution in [3.8, 4) is 0 Å². The lowest BCUT2D eigenvalue weighted by molar-refractivity contribution is -0.133. The van der Waals surface area contributed by atoms with E-state index in [9.17, 15) is 18.0 Å². The second kappa shape index (κ2) is 5.51. The maximum atomic E-state index is 12.8. The van der Waals surface area contributed by atoms with Gasteiger partial charge in [-0.3, -0.25) is 9.69 Å². The number of carbonyl (C=O) groups is 2. The lowest BCUT2D eigenvalue weighted by atomic mass is 9.84. The molecule has 2 saturated heterocycles. The van der Waals surface area contributed by atoms with E-state index in [2.05, 4.69) is 5.32 Å². The van der Waals surface area contributed by atoms with Crippen LogP contribution < -0.4 is 5.32 Å². The summed E-state index contributed by atoms with van der Waals surface area (Å²) in [7, 11) is -2.92. The molecule has 1 atom stereocenters. The van der Waals surface area contributed by atoms with Crippen LogP contribution in [0.1, 0.15) is 45.4 Å². The number of nitrogens with zero attached hydrogens (tertiary/aromatic N) is 1. The quantitative estimate of drug-likeness (QED) is 0.792. The highest BCUT2D eigenvalue weighted by Gasteiger charge is 2.53. The fourth-order valence-corrected chi connectivity index (χ4v) is 5.63. The Hall–Kier alpha value is -1.11. The van der Waals surface area contributed by atoms with Crippen molar-refractivity contribution >= 4 is 21.8 Å². The zero-order valence-corrected chi connectivity index (χ0v) is 13.8. The lowest BCUT2D eigenvalue weighted by Gasteiger charge is -2.29. The van der Waals surface area contributed by atoms with Crippen LogP contribution in [0.3, 0.4) is 0 Å². The molecule has 0 radical (unpaired) electrons. The third kappa shape index (κ3) is 2.75. The predicted molar refractivity (Wildman–Crippen MR) is 82.0 cm³/mol. The Morgan fingerprint density at radius 1 is 1.14 bits per heavy atom. The molecule has 0 aromatic heterocycles. The van der Waals surface area contributed by atoms with Gasteiger partial charge in [0.25, 0.3) is 5.91 Å². The summed E-state index contributed by atoms with van der Waals surface area (Å²) in [5, 5.41) is 2.90. The minimum absolute atomic E-state index is 0.101. The van der Waals surface area contributed by atoms with E-state index in [1.54, 1.807) is 0 Å². The number of urea groups is 1. The van der Waals surface area contributed by atoms with Crippen molar-refractivity contribution in [3.05, 3.63) is 0 Å². The molecule has 7 heteroatoms. The predicted octanol–water partition coefficient (Wildman–Crippen LogP) is 1.31. The smallest absolute Gasteiger partial charge is 0.323 e. The second-order valence-corrected chi connectivity index (χ2v) is 9.43. The van der Waals surface area contributed by atoms with Gasteiger partial charge in [-0.25, -0.2) is 13.2 Å². The summed E-state index contributed by atoms with van der Waals surface area (Å²) in [6, 6.07) is -0.312. The molecular weight excluding hydrogens is 304 g/mol. The molecule has 1 aliphatic carbocycles. The normalized spacial score (nSPS) is 33.4. The molecule has 2 aliphatic heterocycles. The third-order valence-electron chi connectivity index (χ3n) is 5.59. The van der Waals surface area contributed by atoms with Crippen molar-refractivity contribution in [1.29, 1.82) is 0 Å². The maximum Gasteiger partial charge on any atom is 0.325 e. The first kappa shape index (κ1) is 15.8. The molecular formula is C15H24N2O4S. The second-order valence-electron chi connectivity index (χ2n) is 7.12. The van der Waals surface area contributed by atoms with Crippen LogP contribution in [0, 0.1) is 11.8 Å². The number of hydrogen-bond donors (Lipinski definition) is 1. The van der Waals surface area contributed by atoms with E-state index in [0.717, 1.165) is 25.7 Å². The highest BCUT2D eigenvalue weighted by molar-refractivity contribution is 7.91. The highest BCUT2D eigenvalue weighted by atomic mass is 32.2. The van der Waals surface area contributed by atoms with Crippen LogP contribution in [0.25, 0.3) is 0 Å². The molecule has 0 spiro atoms. The largest absolute Gasteiger partial charge is 0.325 e. The molecule has 6 nitrogen and oxygen atoms in total. The molecule has 3 fully saturated rings. The average Bonchev–Trinajstić information content (AvgIpc) is 3.05. The molecule has 0 bridgehead atoms. The van der Waals surface area contributed by atoms with E-state index >= 15 is 0 Å². The molecule has 1 saturated carbocycles. The maximum absolute atomic E-state index is 12.8. The van der Waals surface area contributed by atoms with Crippen molar-refractivity contribution in [2.75, 3.05) is 18.1 Å². The zero-order chi connectivity index (χ0) is 16.0. The van der Waals surface area contributed by atoms with Gasteiger partial charge in [-0.2, -0.15) is 0 Å². The van der Waals surface area contributed by atoms with Gasteiger partial charge in [-0.1, -0.05) is 12.8 Å². The zero-order valence-electron chi connectivity index (χ0n) is 13.0. The number of imide groups is 1. The monoisotopic (exact) mass is 328 g/mol. The fraction of sp³-hybridized carbons (Fsp3) is 0.867. The van der Waals surface area contributed by atoms with Crippen LogP contribution in [-0.2, 0) is 14.6 Å². The van der Waals surface area contributed by atoms with E-state index in [-0.39, 0.29) is 35.3 Å². The SMILES string of the molecule is CC1(C2CCCC2)NC(=O)N(CC2CCS(=O)(=O)CC2)C1=O. The molecule has 1 unspecified atom stereocenters. The van der Waals surface area contributed by atoms with Crippen LogP contribution in [0.4, 0.5) is 4.79 Å². The average molecular weight is 328 g/mol. The first-order valence-corrected chi connectivity index (χ1v) is 9.98. The summed E-state index contributed by atoms with van der Waals surface area (Å²) in [5.41, 5.74) is -0.770. The first-order chi connectivity index (χ1) is 10.3. The van der Waals surface area contributed by atoms with Gasteiger partial charge < -0.3 is 5.32 Å². The molecule has 3 amide bonds. The minimum Gasteiger partial charge on any atom is -0.323 e. The summed E-state index contributed by atoms with van der Waals surface area (Å²) in [6.07, 6.45) is 5.28. The Bertz CT molecular complexity index is 568. The number of hydrogen-bond acceptors (Lipinski definition) is 4. The number of rotatable bonds is 3. The van der Waals surface area contributed by atoms with Crippen molar-refractivity contribution in [2.45, 2.75) is 51.0 Å². The Kier molecular flexibility index (Phi) is 3.95. The number of carbonyl (C=O) groups excluding carboxylic acids is 2. The Morgan fingerprint density at radius 3 is 2.32 bits per heavy atom. The van der Waals surface area contributed by atoms with Crippen LogP contribution >= 0.6 is 0 Å². The van der Waals surface area contributed by atoms with Gasteiger partial charge in [0.15, 0.2) is 0 Å². The molecule has 0 aromatic rings. The van der Waals surface area contributed by atoms with Crippen molar-refractivity contribution < 1.29 is 18.0 Å². The molecule has 3 aliphatic rings. The number of nitrogens with one attached hydrogen (secondary N) is 1. The molecule has 22 heavy (non-hydrogen) atoms. The third-order valence-corrected chi connectivity index (χ3v) is 7.30. The molecule has 0 aromatic carbocycles. The van der Waals surface area contributed by atoms with E-state index in [1.165, 1.54) is 4.90 Å². The van der Waals surface area contributed by atoms with Gasteiger partial charge in [-0.05, 0) is 44.4 Å². The van der Waals surface area contributed by atoms with E-state index in [1.807, 2.05) is 6.92 Å². The Balaban J connectivity index is 1.67. The van der Waals surface area contributed by atoms with Gasteiger partial charge in [-0.15, -0.1) is 0 Å². The van der Waals surface area contributed by atoms with Gasteiger partial charge in [0, 0.05) is 6.54 Å². The molecule has 2 heterocycles. The van der Waals surface area contributed by atoms with Gasteiger partial charge in [0.2, 0.25) is 0 Å². The summed E-state index contributed by atoms with van der Waals surface area (Å²) < 4.78 is 23.0. The Labute approximate surface area is 131 Å². The lowest BCUT2D eigenvalue weighted by Crippen LogP contribution is -2.50. The number of sulfone groups is 1. The first-order valence-electron chi connectivity index (χ1n) is 8.16. The van der Waals surface area contributed by atoms with E-state index < -0.39 is 15.4 Å². The summed E-state index contributed by atoms with van der Waals surface area (Å²) in [6.45, 7) is 2.19. The van der Waals surface area contributed by atoms with Crippen LogP contribution in [0.15, 0.2) is 0 Å². The molecule has 1 N–H and O–H groups in total. The fourth-order valence-electron chi connectivity index (χ4n) is 4.04. The van der Waals surface area contributed by atoms with Crippen molar-refractivity contribution in [2.24, 2.45) is 11.8 Å². The van der Waals surface area contributed by atoms with Gasteiger partial charge >= 0.3 is 6.03 Å². The minimum atomic E-state index is -2.92. The van der Waals surface area contributed by atoms with Crippen LogP contribution in [0.2, 0.25) is 0 Å². The highest BCUT2D eigenvalue weighted by Crippen LogP contribution is 2.38.